The number of hydrogen-bond donors (Lipinski definition) is 2. The maximum absolute atomic E-state index is 14.4. The molecule has 1 fully saturated rings. The van der Waals surface area contributed by atoms with Crippen molar-refractivity contribution in [2.45, 2.75) is 44.4 Å². The highest BCUT2D eigenvalue weighted by molar-refractivity contribution is 9.10. The molecule has 4 rings (SSSR count). The van der Waals surface area contributed by atoms with Crippen LogP contribution in [0.25, 0.3) is 0 Å². The first-order valence-electron chi connectivity index (χ1n) is 11.5. The number of thiazole rings is 1. The predicted octanol–water partition coefficient (Wildman–Crippen LogP) is 4.23. The molecule has 3 atom stereocenters. The van der Waals surface area contributed by atoms with Gasteiger partial charge in [0, 0.05) is 47.3 Å². The largest absolute Gasteiger partial charge is 0.481 e. The fourth-order valence-electron chi connectivity index (χ4n) is 4.35. The van der Waals surface area contributed by atoms with Crippen LogP contribution in [0.1, 0.15) is 42.8 Å². The Morgan fingerprint density at radius 3 is 2.83 bits per heavy atom. The number of alkyl halides is 1. The third kappa shape index (κ3) is 5.81. The van der Waals surface area contributed by atoms with E-state index in [4.69, 9.17) is 14.8 Å². The van der Waals surface area contributed by atoms with Gasteiger partial charge in [-0.3, -0.25) is 14.7 Å². The van der Waals surface area contributed by atoms with E-state index in [0.717, 1.165) is 0 Å². The summed E-state index contributed by atoms with van der Waals surface area (Å²) < 4.78 is 34.1. The van der Waals surface area contributed by atoms with Crippen LogP contribution < -0.4 is 5.32 Å². The van der Waals surface area contributed by atoms with Crippen molar-refractivity contribution in [2.24, 2.45) is 4.99 Å². The van der Waals surface area contributed by atoms with E-state index < -0.39 is 36.0 Å². The van der Waals surface area contributed by atoms with Crippen LogP contribution in [0.2, 0.25) is 0 Å². The zero-order chi connectivity index (χ0) is 25.8. The number of likely N-dealkylation sites (tertiary alicyclic amines) is 1. The summed E-state index contributed by atoms with van der Waals surface area (Å²) in [5.74, 6) is -1.50. The molecule has 1 saturated heterocycles. The molecule has 2 aliphatic rings. The minimum atomic E-state index is -1.08. The number of carbonyl (C=O) groups excluding carboxylic acids is 1. The number of ether oxygens (including phenoxy) is 1. The van der Waals surface area contributed by atoms with Gasteiger partial charge in [0.05, 0.1) is 12.2 Å². The standard InChI is InChI=1S/C24H25BrF2N4O4S/c1-2-35-24(34)20-17(12-31-11-16(27)18(31)4-3-5-19(32)33)29-22(23-28-8-9-36-23)30-21(20)14-7-6-13(26)10-15(14)25/h6-10,16,18,21H,2-5,11-12H2,1H3,(H,29,30)(H,32,33). The van der Waals surface area contributed by atoms with Crippen LogP contribution in [0.15, 0.2) is 50.5 Å². The number of halogens is 3. The van der Waals surface area contributed by atoms with Crippen molar-refractivity contribution in [1.82, 2.24) is 15.2 Å². The molecule has 0 amide bonds. The maximum Gasteiger partial charge on any atom is 0.338 e. The van der Waals surface area contributed by atoms with Gasteiger partial charge in [0.15, 0.2) is 10.8 Å². The number of aliphatic imine (C=N–C) groups is 1. The molecule has 12 heteroatoms. The van der Waals surface area contributed by atoms with Crippen molar-refractivity contribution in [3.05, 3.63) is 61.9 Å². The molecule has 0 saturated carbocycles. The van der Waals surface area contributed by atoms with Gasteiger partial charge in [0.2, 0.25) is 0 Å². The highest BCUT2D eigenvalue weighted by atomic mass is 79.9. The van der Waals surface area contributed by atoms with Crippen LogP contribution in [0.5, 0.6) is 0 Å². The molecule has 3 unspecified atom stereocenters. The maximum atomic E-state index is 14.4. The minimum absolute atomic E-state index is 0.0341. The van der Waals surface area contributed by atoms with Crippen LogP contribution in [0.4, 0.5) is 8.78 Å². The fourth-order valence-corrected chi connectivity index (χ4v) is 5.50. The van der Waals surface area contributed by atoms with Gasteiger partial charge in [-0.25, -0.2) is 18.6 Å². The number of esters is 1. The van der Waals surface area contributed by atoms with E-state index in [1.165, 1.54) is 23.5 Å². The Morgan fingerprint density at radius 2 is 2.19 bits per heavy atom. The zero-order valence-electron chi connectivity index (χ0n) is 19.4. The summed E-state index contributed by atoms with van der Waals surface area (Å²) in [6.07, 6.45) is 1.26. The SMILES string of the molecule is CCOC(=O)C1=C(CN2CC(F)C2CCCC(=O)O)NC(c2nccs2)=NC1c1ccc(F)cc1Br. The summed E-state index contributed by atoms with van der Waals surface area (Å²) in [4.78, 5) is 35.0. The number of aliphatic carboxylic acids is 1. The van der Waals surface area contributed by atoms with E-state index in [1.54, 1.807) is 24.6 Å². The molecule has 36 heavy (non-hydrogen) atoms. The first-order valence-corrected chi connectivity index (χ1v) is 13.2. The van der Waals surface area contributed by atoms with Crippen LogP contribution >= 0.6 is 27.3 Å². The van der Waals surface area contributed by atoms with Gasteiger partial charge in [-0.1, -0.05) is 22.0 Å². The van der Waals surface area contributed by atoms with Gasteiger partial charge in [0.25, 0.3) is 0 Å². The second-order valence-electron chi connectivity index (χ2n) is 8.42. The lowest BCUT2D eigenvalue weighted by Gasteiger charge is -2.45. The van der Waals surface area contributed by atoms with Crippen molar-refractivity contribution in [2.75, 3.05) is 19.7 Å². The Hall–Kier alpha value is -2.70. The lowest BCUT2D eigenvalue weighted by molar-refractivity contribution is -0.139. The van der Waals surface area contributed by atoms with Crippen LogP contribution in [0, 0.1) is 5.82 Å². The summed E-state index contributed by atoms with van der Waals surface area (Å²) >= 11 is 4.76. The Kier molecular flexibility index (Phi) is 8.47. The smallest absolute Gasteiger partial charge is 0.338 e. The normalized spacial score (nSPS) is 22.0. The molecule has 2 N–H and O–H groups in total. The number of carboxylic acids is 1. The Balaban J connectivity index is 1.72. The van der Waals surface area contributed by atoms with Crippen LogP contribution in [-0.2, 0) is 14.3 Å². The molecular weight excluding hydrogens is 558 g/mol. The number of nitrogens with zero attached hydrogens (tertiary/aromatic N) is 3. The van der Waals surface area contributed by atoms with E-state index in [-0.39, 0.29) is 31.7 Å². The van der Waals surface area contributed by atoms with Crippen LogP contribution in [0.3, 0.4) is 0 Å². The number of hydrogen-bond acceptors (Lipinski definition) is 8. The molecule has 3 heterocycles. The monoisotopic (exact) mass is 582 g/mol. The number of nitrogens with one attached hydrogen (secondary N) is 1. The summed E-state index contributed by atoms with van der Waals surface area (Å²) in [6, 6.07) is 2.89. The van der Waals surface area contributed by atoms with Crippen molar-refractivity contribution in [3.8, 4) is 0 Å². The van der Waals surface area contributed by atoms with E-state index in [2.05, 4.69) is 26.2 Å². The molecule has 1 aromatic carbocycles. The van der Waals surface area contributed by atoms with Gasteiger partial charge in [0.1, 0.15) is 18.0 Å². The number of benzene rings is 1. The van der Waals surface area contributed by atoms with Crippen molar-refractivity contribution in [3.63, 3.8) is 0 Å². The molecule has 0 aliphatic carbocycles. The average Bonchev–Trinajstić information content (AvgIpc) is 3.36. The van der Waals surface area contributed by atoms with Gasteiger partial charge in [-0.05, 0) is 37.5 Å². The average molecular weight is 583 g/mol. The van der Waals surface area contributed by atoms with Crippen molar-refractivity contribution >= 4 is 45.0 Å². The molecule has 2 aliphatic heterocycles. The third-order valence-corrected chi connectivity index (χ3v) is 7.53. The quantitative estimate of drug-likeness (QED) is 0.404. The Bertz CT molecular complexity index is 1190. The number of rotatable bonds is 10. The lowest BCUT2D eigenvalue weighted by atomic mass is 9.92. The highest BCUT2D eigenvalue weighted by Crippen LogP contribution is 2.38. The number of amidine groups is 1. The van der Waals surface area contributed by atoms with Crippen molar-refractivity contribution < 1.29 is 28.2 Å². The number of carboxylic acid groups (broad SMARTS) is 1. The van der Waals surface area contributed by atoms with E-state index in [9.17, 15) is 18.4 Å². The summed E-state index contributed by atoms with van der Waals surface area (Å²) in [7, 11) is 0. The summed E-state index contributed by atoms with van der Waals surface area (Å²) in [6.45, 7) is 2.20. The fraction of sp³-hybridized carbons (Fsp3) is 0.417. The van der Waals surface area contributed by atoms with Crippen LogP contribution in [-0.4, -0.2) is 64.7 Å². The van der Waals surface area contributed by atoms with E-state index >= 15 is 0 Å². The highest BCUT2D eigenvalue weighted by Gasteiger charge is 2.41. The molecule has 0 bridgehead atoms. The molecule has 2 aromatic rings. The molecule has 0 radical (unpaired) electrons. The van der Waals surface area contributed by atoms with Gasteiger partial charge in [-0.15, -0.1) is 11.3 Å². The zero-order valence-corrected chi connectivity index (χ0v) is 21.8. The second kappa shape index (κ2) is 11.6. The molecule has 8 nitrogen and oxygen atoms in total. The first-order chi connectivity index (χ1) is 17.3. The Morgan fingerprint density at radius 1 is 1.39 bits per heavy atom. The third-order valence-electron chi connectivity index (χ3n) is 6.06. The Labute approximate surface area is 219 Å². The molecule has 192 valence electrons. The second-order valence-corrected chi connectivity index (χ2v) is 10.2. The first kappa shape index (κ1) is 26.4. The van der Waals surface area contributed by atoms with E-state index in [1.807, 2.05) is 4.90 Å². The number of aromatic nitrogens is 1. The predicted molar refractivity (Wildman–Crippen MR) is 134 cm³/mol. The summed E-state index contributed by atoms with van der Waals surface area (Å²) in [5, 5.41) is 14.5. The van der Waals surface area contributed by atoms with Gasteiger partial charge < -0.3 is 15.2 Å². The van der Waals surface area contributed by atoms with Gasteiger partial charge in [-0.2, -0.15) is 0 Å². The van der Waals surface area contributed by atoms with E-state index in [0.29, 0.717) is 39.4 Å². The topological polar surface area (TPSA) is 104 Å². The molecule has 0 spiro atoms. The lowest BCUT2D eigenvalue weighted by Crippen LogP contribution is -2.59. The van der Waals surface area contributed by atoms with Gasteiger partial charge >= 0.3 is 11.9 Å². The van der Waals surface area contributed by atoms with Crippen molar-refractivity contribution in [1.29, 1.82) is 0 Å². The molecular formula is C24H25BrF2N4O4S. The minimum Gasteiger partial charge on any atom is -0.481 e. The number of carbonyl (C=O) groups is 2. The molecule has 1 aromatic heterocycles. The summed E-state index contributed by atoms with van der Waals surface area (Å²) in [5.41, 5.74) is 1.30.